The summed E-state index contributed by atoms with van der Waals surface area (Å²) in [6.07, 6.45) is -0.0911. The number of nitrogens with one attached hydrogen (secondary N) is 3. The summed E-state index contributed by atoms with van der Waals surface area (Å²) < 4.78 is 29.7. The molecule has 4 N–H and O–H groups in total. The van der Waals surface area contributed by atoms with E-state index in [1.165, 1.54) is 4.90 Å². The quantitative estimate of drug-likeness (QED) is 0.0953. The third kappa shape index (κ3) is 8.38. The van der Waals surface area contributed by atoms with Gasteiger partial charge in [0.2, 0.25) is 11.8 Å². The maximum atomic E-state index is 15.1. The number of aromatic nitrogens is 4. The number of hydrogen-bond acceptors (Lipinski definition) is 6. The third-order valence-corrected chi connectivity index (χ3v) is 11.4. The van der Waals surface area contributed by atoms with Crippen LogP contribution in [0.1, 0.15) is 75.9 Å². The molecule has 2 aliphatic rings. The zero-order valence-corrected chi connectivity index (χ0v) is 33.1. The zero-order chi connectivity index (χ0) is 41.1. The van der Waals surface area contributed by atoms with Gasteiger partial charge in [-0.2, -0.15) is 0 Å². The second kappa shape index (κ2) is 17.3. The number of carbonyl (C=O) groups is 3. The largest absolute Gasteiger partial charge is 0.465 e. The molecule has 0 unspecified atom stereocenters. The molecule has 0 radical (unpaired) electrons. The van der Waals surface area contributed by atoms with Crippen LogP contribution in [0.2, 0.25) is 0 Å². The van der Waals surface area contributed by atoms with Gasteiger partial charge >= 0.3 is 6.09 Å². The van der Waals surface area contributed by atoms with Crippen molar-refractivity contribution < 1.29 is 28.3 Å². The van der Waals surface area contributed by atoms with Gasteiger partial charge in [0.05, 0.1) is 49.0 Å². The van der Waals surface area contributed by atoms with E-state index in [0.717, 1.165) is 33.5 Å². The lowest BCUT2D eigenvalue weighted by molar-refractivity contribution is -0.138. The predicted molar refractivity (Wildman–Crippen MR) is 217 cm³/mol. The first kappa shape index (κ1) is 40.3. The van der Waals surface area contributed by atoms with E-state index in [1.807, 2.05) is 92.7 Å². The molecule has 0 saturated carbocycles. The number of carboxylic acid groups (broad SMARTS) is 1. The van der Waals surface area contributed by atoms with Crippen LogP contribution in [-0.4, -0.2) is 102 Å². The van der Waals surface area contributed by atoms with Crippen LogP contribution >= 0.6 is 0 Å². The van der Waals surface area contributed by atoms with Gasteiger partial charge in [-0.15, -0.1) is 0 Å². The fourth-order valence-corrected chi connectivity index (χ4v) is 8.28. The molecule has 5 aromatic rings. The summed E-state index contributed by atoms with van der Waals surface area (Å²) in [7, 11) is 0. The number of likely N-dealkylation sites (N-methyl/N-ethyl adjacent to an activating group) is 1. The minimum absolute atomic E-state index is 0.0196. The van der Waals surface area contributed by atoms with Gasteiger partial charge in [0, 0.05) is 12.8 Å². The summed E-state index contributed by atoms with van der Waals surface area (Å²) >= 11 is 0. The normalized spacial score (nSPS) is 20.5. The lowest BCUT2D eigenvalue weighted by atomic mass is 10.0. The number of carbonyl (C=O) groups excluding carboxylic acids is 2. The van der Waals surface area contributed by atoms with E-state index in [4.69, 9.17) is 0 Å². The Hall–Kier alpha value is -5.89. The Kier molecular flexibility index (Phi) is 12.0. The molecule has 0 spiro atoms. The number of imidazole rings is 2. The molecule has 2 aliphatic heterocycles. The highest BCUT2D eigenvalue weighted by molar-refractivity contribution is 5.86. The molecule has 0 aliphatic carbocycles. The molecule has 304 valence electrons. The molecule has 2 saturated heterocycles. The first-order valence-electron chi connectivity index (χ1n) is 19.9. The van der Waals surface area contributed by atoms with Crippen molar-refractivity contribution in [2.75, 3.05) is 26.2 Å². The number of amides is 3. The lowest BCUT2D eigenvalue weighted by Gasteiger charge is -2.34. The van der Waals surface area contributed by atoms with Crippen molar-refractivity contribution in [1.29, 1.82) is 0 Å². The van der Waals surface area contributed by atoms with Crippen LogP contribution < -0.4 is 5.32 Å². The summed E-state index contributed by atoms with van der Waals surface area (Å²) in [5.41, 5.74) is 6.08. The number of alkyl halides is 2. The van der Waals surface area contributed by atoms with E-state index in [1.54, 1.807) is 31.1 Å². The SMILES string of the molecule is CCN(CC)[C@@H](C(=O)N1C[C@@H](F)C[C@H]1c1ncc(-c2ccc(-c3ccc(-c4cnc([C@@H]5C[C@@H](F)CN5C(=O)[C@@H](NC(=O)O)C(C)C)[nH]4)cc3)cc2)[nH]1)c1ccccc1. The molecule has 2 aromatic heterocycles. The Morgan fingerprint density at radius 3 is 1.62 bits per heavy atom. The Labute approximate surface area is 336 Å². The Bertz CT molecular complexity index is 2190. The summed E-state index contributed by atoms with van der Waals surface area (Å²) in [5.74, 6) is 0.0712. The van der Waals surface area contributed by atoms with Crippen LogP contribution in [0, 0.1) is 5.92 Å². The van der Waals surface area contributed by atoms with E-state index in [0.29, 0.717) is 30.4 Å². The Morgan fingerprint density at radius 2 is 1.19 bits per heavy atom. The maximum Gasteiger partial charge on any atom is 0.405 e. The average Bonchev–Trinajstić information content (AvgIpc) is 4.06. The van der Waals surface area contributed by atoms with Gasteiger partial charge in [-0.3, -0.25) is 14.5 Å². The summed E-state index contributed by atoms with van der Waals surface area (Å²) in [5, 5.41) is 11.5. The number of rotatable bonds is 13. The molecule has 14 heteroatoms. The van der Waals surface area contributed by atoms with Gasteiger partial charge in [0.15, 0.2) is 0 Å². The summed E-state index contributed by atoms with van der Waals surface area (Å²) in [4.78, 5) is 59.8. The number of benzene rings is 3. The molecule has 0 bridgehead atoms. The Morgan fingerprint density at radius 1 is 0.741 bits per heavy atom. The molecule has 4 heterocycles. The number of aromatic amines is 2. The topological polar surface area (TPSA) is 151 Å². The molecule has 2 fully saturated rings. The van der Waals surface area contributed by atoms with E-state index in [2.05, 4.69) is 30.2 Å². The van der Waals surface area contributed by atoms with Crippen LogP contribution in [0.5, 0.6) is 0 Å². The van der Waals surface area contributed by atoms with E-state index >= 15 is 4.39 Å². The van der Waals surface area contributed by atoms with Crippen molar-refractivity contribution in [3.05, 3.63) is 108 Å². The van der Waals surface area contributed by atoms with E-state index < -0.39 is 48.5 Å². The second-order valence-electron chi connectivity index (χ2n) is 15.4. The van der Waals surface area contributed by atoms with E-state index in [-0.39, 0.29) is 37.8 Å². The fraction of sp³-hybridized carbons (Fsp3) is 0.386. The van der Waals surface area contributed by atoms with E-state index in [9.17, 15) is 23.9 Å². The molecular weight excluding hydrogens is 743 g/mol. The van der Waals surface area contributed by atoms with Crippen LogP contribution in [0.15, 0.2) is 91.3 Å². The van der Waals surface area contributed by atoms with Crippen molar-refractivity contribution in [3.63, 3.8) is 0 Å². The predicted octanol–water partition coefficient (Wildman–Crippen LogP) is 7.73. The van der Waals surface area contributed by atoms with Gasteiger partial charge in [0.25, 0.3) is 0 Å². The first-order chi connectivity index (χ1) is 27.9. The number of nitrogens with zero attached hydrogens (tertiary/aromatic N) is 5. The molecule has 6 atom stereocenters. The first-order valence-corrected chi connectivity index (χ1v) is 19.9. The molecular formula is C44H50F2N8O4. The highest BCUT2D eigenvalue weighted by Crippen LogP contribution is 2.38. The molecule has 7 rings (SSSR count). The van der Waals surface area contributed by atoms with Crippen LogP contribution in [-0.2, 0) is 9.59 Å². The van der Waals surface area contributed by atoms with Gasteiger partial charge in [-0.05, 0) is 46.8 Å². The molecule has 3 amide bonds. The monoisotopic (exact) mass is 792 g/mol. The van der Waals surface area contributed by atoms with Crippen LogP contribution in [0.25, 0.3) is 33.6 Å². The third-order valence-electron chi connectivity index (χ3n) is 11.4. The van der Waals surface area contributed by atoms with Crippen LogP contribution in [0.4, 0.5) is 13.6 Å². The van der Waals surface area contributed by atoms with Crippen molar-refractivity contribution in [3.8, 4) is 33.6 Å². The maximum absolute atomic E-state index is 15.1. The smallest absolute Gasteiger partial charge is 0.405 e. The van der Waals surface area contributed by atoms with Gasteiger partial charge in [-0.25, -0.2) is 23.5 Å². The fourth-order valence-electron chi connectivity index (χ4n) is 8.28. The van der Waals surface area contributed by atoms with Crippen LogP contribution in [0.3, 0.4) is 0 Å². The summed E-state index contributed by atoms with van der Waals surface area (Å²) in [6, 6.07) is 22.9. The molecule has 12 nitrogen and oxygen atoms in total. The lowest BCUT2D eigenvalue weighted by Crippen LogP contribution is -2.51. The summed E-state index contributed by atoms with van der Waals surface area (Å²) in [6.45, 7) is 8.78. The second-order valence-corrected chi connectivity index (χ2v) is 15.4. The van der Waals surface area contributed by atoms with Crippen molar-refractivity contribution in [1.82, 2.24) is 40.0 Å². The number of halogens is 2. The van der Waals surface area contributed by atoms with Gasteiger partial charge < -0.3 is 30.2 Å². The number of hydrogen-bond donors (Lipinski definition) is 4. The molecule has 58 heavy (non-hydrogen) atoms. The van der Waals surface area contributed by atoms with Crippen molar-refractivity contribution >= 4 is 17.9 Å². The number of likely N-dealkylation sites (tertiary alicyclic amines) is 2. The standard InChI is InChI=1S/C44H50F2N8O4/c1-5-52(6-2)39(31-10-8-7-9-11-31)43(56)54-25-33(46)21-37(54)41-48-23-35(50-41)30-18-14-28(15-19-30)27-12-16-29(17-13-27)34-22-47-40(49-34)36-20-32(45)24-53(36)42(55)38(26(3)4)51-44(57)58/h7-19,22-23,26,32-33,36-39,51H,5-6,20-21,24-25H2,1-4H3,(H,47,49)(H,48,50)(H,57,58)/t32-,33+,36+,37+,38+,39-/m1/s1. The number of H-pyrrole nitrogens is 2. The highest BCUT2D eigenvalue weighted by Gasteiger charge is 2.43. The van der Waals surface area contributed by atoms with Gasteiger partial charge in [-0.1, -0.05) is 107 Å². The van der Waals surface area contributed by atoms with Gasteiger partial charge in [0.1, 0.15) is 36.1 Å². The zero-order valence-electron chi connectivity index (χ0n) is 33.1. The average molecular weight is 793 g/mol. The molecule has 3 aromatic carbocycles. The Balaban J connectivity index is 1.03. The minimum Gasteiger partial charge on any atom is -0.465 e. The van der Waals surface area contributed by atoms with Crippen molar-refractivity contribution in [2.24, 2.45) is 5.92 Å². The van der Waals surface area contributed by atoms with Crippen molar-refractivity contribution in [2.45, 2.75) is 77.0 Å². The minimum atomic E-state index is -1.31. The highest BCUT2D eigenvalue weighted by atomic mass is 19.1.